The second-order valence-electron chi connectivity index (χ2n) is 8.02. The van der Waals surface area contributed by atoms with Crippen LogP contribution in [0.15, 0.2) is 15.6 Å². The summed E-state index contributed by atoms with van der Waals surface area (Å²) < 4.78 is 5.49. The number of rotatable bonds is 12. The van der Waals surface area contributed by atoms with E-state index in [-0.39, 0.29) is 24.0 Å². The van der Waals surface area contributed by atoms with E-state index in [9.17, 15) is 0 Å². The van der Waals surface area contributed by atoms with Crippen LogP contribution in [0.2, 0.25) is 0 Å². The average molecular weight is 503 g/mol. The molecule has 2 aliphatic carbocycles. The van der Waals surface area contributed by atoms with E-state index in [4.69, 9.17) is 4.52 Å². The van der Waals surface area contributed by atoms with E-state index in [0.29, 0.717) is 12.5 Å². The lowest BCUT2D eigenvalue weighted by Gasteiger charge is -2.22. The number of nitrogens with one attached hydrogen (secondary N) is 2. The van der Waals surface area contributed by atoms with Gasteiger partial charge >= 0.3 is 0 Å². The van der Waals surface area contributed by atoms with E-state index in [1.165, 1.54) is 32.2 Å². The Morgan fingerprint density at radius 2 is 1.96 bits per heavy atom. The normalized spacial score (nSPS) is 17.1. The Hall–Kier alpha value is -0.830. The first-order valence-electron chi connectivity index (χ1n) is 10.9. The topological polar surface area (TPSA) is 65.7 Å². The molecule has 0 unspecified atom stereocenters. The lowest BCUT2D eigenvalue weighted by atomic mass is 9.99. The molecule has 6 nitrogen and oxygen atoms in total. The van der Waals surface area contributed by atoms with Crippen molar-refractivity contribution in [3.63, 3.8) is 0 Å². The maximum Gasteiger partial charge on any atom is 0.191 e. The van der Waals surface area contributed by atoms with Crippen LogP contribution in [0.5, 0.6) is 0 Å². The van der Waals surface area contributed by atoms with Crippen molar-refractivity contribution in [2.24, 2.45) is 10.9 Å². The molecule has 0 spiro atoms. The van der Waals surface area contributed by atoms with Crippen LogP contribution in [0.25, 0.3) is 0 Å². The highest BCUT2D eigenvalue weighted by atomic mass is 127. The molecule has 0 aliphatic heterocycles. The highest BCUT2D eigenvalue weighted by molar-refractivity contribution is 14.0. The molecular weight excluding hydrogens is 465 g/mol. The van der Waals surface area contributed by atoms with Crippen molar-refractivity contribution in [2.45, 2.75) is 77.8 Å². The molecule has 7 heteroatoms. The largest absolute Gasteiger partial charge is 0.359 e. The predicted molar refractivity (Wildman–Crippen MR) is 125 cm³/mol. The van der Waals surface area contributed by atoms with E-state index in [1.807, 2.05) is 0 Å². The third kappa shape index (κ3) is 7.54. The van der Waals surface area contributed by atoms with Gasteiger partial charge in [-0.2, -0.15) is 0 Å². The number of nitrogens with zero attached hydrogens (tertiary/aromatic N) is 3. The van der Waals surface area contributed by atoms with Gasteiger partial charge in [0.05, 0.1) is 5.69 Å². The van der Waals surface area contributed by atoms with Crippen LogP contribution in [0.1, 0.15) is 76.7 Å². The molecule has 3 rings (SSSR count). The van der Waals surface area contributed by atoms with E-state index in [0.717, 1.165) is 61.8 Å². The van der Waals surface area contributed by atoms with E-state index in [1.54, 1.807) is 0 Å². The number of guanidine groups is 1. The van der Waals surface area contributed by atoms with Gasteiger partial charge in [0.1, 0.15) is 6.54 Å². The average Bonchev–Trinajstić information content (AvgIpc) is 3.59. The number of aliphatic imine (C=N–C) groups is 1. The van der Waals surface area contributed by atoms with Gasteiger partial charge in [0.15, 0.2) is 11.7 Å². The first-order valence-corrected chi connectivity index (χ1v) is 10.9. The van der Waals surface area contributed by atoms with Crippen LogP contribution >= 0.6 is 24.0 Å². The second kappa shape index (κ2) is 12.0. The third-order valence-electron chi connectivity index (χ3n) is 5.66. The van der Waals surface area contributed by atoms with Gasteiger partial charge in [-0.3, -0.25) is 4.90 Å². The van der Waals surface area contributed by atoms with Crippen molar-refractivity contribution < 1.29 is 4.52 Å². The van der Waals surface area contributed by atoms with Gasteiger partial charge in [0.2, 0.25) is 0 Å². The third-order valence-corrected chi connectivity index (χ3v) is 5.66. The highest BCUT2D eigenvalue weighted by Gasteiger charge is 2.33. The fourth-order valence-corrected chi connectivity index (χ4v) is 3.61. The molecule has 2 N–H and O–H groups in total. The van der Waals surface area contributed by atoms with E-state index >= 15 is 0 Å². The lowest BCUT2D eigenvalue weighted by Crippen LogP contribution is -2.42. The summed E-state index contributed by atoms with van der Waals surface area (Å²) in [5.41, 5.74) is 1.06. The smallest absolute Gasteiger partial charge is 0.191 e. The predicted octanol–water partition coefficient (Wildman–Crippen LogP) is 4.13. The Morgan fingerprint density at radius 1 is 1.21 bits per heavy atom. The standard InChI is InChI=1S/C21H37N5O.HI/c1-4-17(5-2)20-13-19(27-25-20)14-24-21(22-6-3)23-11-12-26(18-9-10-18)15-16-7-8-16;/h13,16-18H,4-12,14-15H2,1-3H3,(H2,22,23,24);1H. The molecule has 2 saturated carbocycles. The molecule has 1 heterocycles. The minimum absolute atomic E-state index is 0. The Labute approximate surface area is 187 Å². The fourth-order valence-electron chi connectivity index (χ4n) is 3.61. The second-order valence-corrected chi connectivity index (χ2v) is 8.02. The van der Waals surface area contributed by atoms with Gasteiger partial charge in [-0.15, -0.1) is 24.0 Å². The minimum atomic E-state index is 0. The summed E-state index contributed by atoms with van der Waals surface area (Å²) in [6.45, 7) is 11.2. The van der Waals surface area contributed by atoms with Crippen LogP contribution in [-0.2, 0) is 6.54 Å². The Morgan fingerprint density at radius 3 is 2.57 bits per heavy atom. The molecule has 0 bridgehead atoms. The molecule has 0 amide bonds. The van der Waals surface area contributed by atoms with Gasteiger partial charge in [-0.25, -0.2) is 4.99 Å². The van der Waals surface area contributed by atoms with Crippen LogP contribution < -0.4 is 10.6 Å². The summed E-state index contributed by atoms with van der Waals surface area (Å²) in [7, 11) is 0. The molecule has 160 valence electrons. The van der Waals surface area contributed by atoms with Crippen molar-refractivity contribution in [3.8, 4) is 0 Å². The molecule has 0 atom stereocenters. The summed E-state index contributed by atoms with van der Waals surface area (Å²) in [6.07, 6.45) is 7.80. The lowest BCUT2D eigenvalue weighted by molar-refractivity contribution is 0.256. The van der Waals surface area contributed by atoms with Gasteiger partial charge < -0.3 is 15.2 Å². The van der Waals surface area contributed by atoms with Crippen LogP contribution in [-0.4, -0.2) is 48.2 Å². The maximum atomic E-state index is 5.49. The molecule has 0 radical (unpaired) electrons. The summed E-state index contributed by atoms with van der Waals surface area (Å²) in [5, 5.41) is 11.1. The Balaban J connectivity index is 0.00000280. The van der Waals surface area contributed by atoms with E-state index in [2.05, 4.69) is 52.5 Å². The molecule has 2 aliphatic rings. The van der Waals surface area contributed by atoms with Crippen LogP contribution in [0.4, 0.5) is 0 Å². The van der Waals surface area contributed by atoms with Gasteiger partial charge in [-0.05, 0) is 51.4 Å². The fraction of sp³-hybridized carbons (Fsp3) is 0.810. The molecule has 1 aromatic rings. The zero-order chi connectivity index (χ0) is 19.1. The molecule has 2 fully saturated rings. The zero-order valence-corrected chi connectivity index (χ0v) is 20.1. The van der Waals surface area contributed by atoms with Crippen molar-refractivity contribution in [2.75, 3.05) is 26.2 Å². The van der Waals surface area contributed by atoms with Gasteiger partial charge in [-0.1, -0.05) is 19.0 Å². The SMILES string of the molecule is CCNC(=NCc1cc(C(CC)CC)no1)NCCN(CC1CC1)C1CC1.I. The number of aromatic nitrogens is 1. The van der Waals surface area contributed by atoms with Crippen molar-refractivity contribution in [1.29, 1.82) is 0 Å². The van der Waals surface area contributed by atoms with Gasteiger partial charge in [0.25, 0.3) is 0 Å². The highest BCUT2D eigenvalue weighted by Crippen LogP contribution is 2.34. The van der Waals surface area contributed by atoms with Crippen LogP contribution in [0, 0.1) is 5.92 Å². The Bertz CT molecular complexity index is 593. The van der Waals surface area contributed by atoms with Gasteiger partial charge in [0, 0.05) is 44.2 Å². The molecule has 1 aromatic heterocycles. The minimum Gasteiger partial charge on any atom is -0.359 e. The maximum absolute atomic E-state index is 5.49. The number of hydrogen-bond donors (Lipinski definition) is 2. The monoisotopic (exact) mass is 503 g/mol. The first kappa shape index (κ1) is 23.4. The van der Waals surface area contributed by atoms with Crippen molar-refractivity contribution >= 4 is 29.9 Å². The molecule has 0 saturated heterocycles. The Kier molecular flexibility index (Phi) is 10.0. The molecular formula is C21H38IN5O. The molecule has 28 heavy (non-hydrogen) atoms. The summed E-state index contributed by atoms with van der Waals surface area (Å²) in [5.74, 6) is 3.14. The number of hydrogen-bond acceptors (Lipinski definition) is 4. The molecule has 0 aromatic carbocycles. The quantitative estimate of drug-likeness (QED) is 0.255. The van der Waals surface area contributed by atoms with Crippen molar-refractivity contribution in [3.05, 3.63) is 17.5 Å². The summed E-state index contributed by atoms with van der Waals surface area (Å²) in [6, 6.07) is 2.90. The van der Waals surface area contributed by atoms with E-state index < -0.39 is 0 Å². The summed E-state index contributed by atoms with van der Waals surface area (Å²) >= 11 is 0. The zero-order valence-electron chi connectivity index (χ0n) is 17.7. The summed E-state index contributed by atoms with van der Waals surface area (Å²) in [4.78, 5) is 7.35. The van der Waals surface area contributed by atoms with Crippen LogP contribution in [0.3, 0.4) is 0 Å². The van der Waals surface area contributed by atoms with Crippen molar-refractivity contribution in [1.82, 2.24) is 20.7 Å². The first-order chi connectivity index (χ1) is 13.2. The number of halogens is 1.